The largest absolute Gasteiger partial charge is 0.336 e. The molecule has 27 heavy (non-hydrogen) atoms. The maximum Gasteiger partial charge on any atom is 0.255 e. The van der Waals surface area contributed by atoms with Crippen LogP contribution in [0.4, 0.5) is 0 Å². The quantitative estimate of drug-likeness (QED) is 0.750. The molecule has 0 unspecified atom stereocenters. The fourth-order valence-corrected chi connectivity index (χ4v) is 5.31. The first kappa shape index (κ1) is 20.1. The van der Waals surface area contributed by atoms with E-state index in [0.29, 0.717) is 34.1 Å². The Balaban J connectivity index is 1.75. The third kappa shape index (κ3) is 4.14. The molecular formula is C19H20Cl2N2O3S. The SMILES string of the molecule is Cc1ccc(C)c(S(=O)(=O)N2CCN(C(=O)c3ccc(Cl)cc3Cl)CC2)c1. The van der Waals surface area contributed by atoms with Gasteiger partial charge in [0.1, 0.15) is 0 Å². The average molecular weight is 427 g/mol. The van der Waals surface area contributed by atoms with Gasteiger partial charge in [0.05, 0.1) is 15.5 Å². The number of carbonyl (C=O) groups is 1. The molecule has 0 saturated carbocycles. The maximum absolute atomic E-state index is 13.0. The molecule has 0 radical (unpaired) electrons. The Hall–Kier alpha value is -1.60. The van der Waals surface area contributed by atoms with Crippen LogP contribution < -0.4 is 0 Å². The maximum atomic E-state index is 13.0. The highest BCUT2D eigenvalue weighted by atomic mass is 35.5. The van der Waals surface area contributed by atoms with Crippen LogP contribution >= 0.6 is 23.2 Å². The first-order valence-corrected chi connectivity index (χ1v) is 10.7. The van der Waals surface area contributed by atoms with Gasteiger partial charge in [0.2, 0.25) is 10.0 Å². The van der Waals surface area contributed by atoms with Crippen molar-refractivity contribution in [2.75, 3.05) is 26.2 Å². The number of hydrogen-bond acceptors (Lipinski definition) is 3. The predicted octanol–water partition coefficient (Wildman–Crippen LogP) is 3.76. The summed E-state index contributed by atoms with van der Waals surface area (Å²) in [6, 6.07) is 10.1. The van der Waals surface area contributed by atoms with Crippen molar-refractivity contribution in [2.45, 2.75) is 18.7 Å². The Bertz CT molecular complexity index is 984. The first-order chi connectivity index (χ1) is 12.7. The standard InChI is InChI=1S/C19H20Cl2N2O3S/c1-13-3-4-14(2)18(11-13)27(25,26)23-9-7-22(8-10-23)19(24)16-6-5-15(20)12-17(16)21/h3-6,11-12H,7-10H2,1-2H3. The molecule has 0 aliphatic carbocycles. The lowest BCUT2D eigenvalue weighted by Gasteiger charge is -2.34. The van der Waals surface area contributed by atoms with Gasteiger partial charge >= 0.3 is 0 Å². The molecule has 1 saturated heterocycles. The molecule has 2 aromatic carbocycles. The van der Waals surface area contributed by atoms with Crippen LogP contribution in [0.1, 0.15) is 21.5 Å². The van der Waals surface area contributed by atoms with E-state index in [1.165, 1.54) is 10.4 Å². The van der Waals surface area contributed by atoms with E-state index in [9.17, 15) is 13.2 Å². The number of carbonyl (C=O) groups excluding carboxylic acids is 1. The van der Waals surface area contributed by atoms with E-state index in [1.54, 1.807) is 30.0 Å². The van der Waals surface area contributed by atoms with E-state index >= 15 is 0 Å². The summed E-state index contributed by atoms with van der Waals surface area (Å²) in [6.45, 7) is 4.75. The van der Waals surface area contributed by atoms with Crippen LogP contribution in [-0.4, -0.2) is 49.7 Å². The molecule has 0 N–H and O–H groups in total. The van der Waals surface area contributed by atoms with Gasteiger partial charge in [0, 0.05) is 31.2 Å². The van der Waals surface area contributed by atoms with Gasteiger partial charge in [-0.05, 0) is 49.2 Å². The summed E-state index contributed by atoms with van der Waals surface area (Å²) in [4.78, 5) is 14.6. The van der Waals surface area contributed by atoms with Crippen LogP contribution in [0.5, 0.6) is 0 Å². The average Bonchev–Trinajstić information content (AvgIpc) is 2.63. The molecule has 1 heterocycles. The molecule has 1 aliphatic heterocycles. The Labute approximate surface area is 169 Å². The fraction of sp³-hybridized carbons (Fsp3) is 0.316. The number of halogens is 2. The van der Waals surface area contributed by atoms with Crippen LogP contribution in [0.3, 0.4) is 0 Å². The topological polar surface area (TPSA) is 57.7 Å². The molecule has 0 atom stereocenters. The summed E-state index contributed by atoms with van der Waals surface area (Å²) in [5, 5.41) is 0.749. The summed E-state index contributed by atoms with van der Waals surface area (Å²) in [7, 11) is -3.59. The molecule has 8 heteroatoms. The summed E-state index contributed by atoms with van der Waals surface area (Å²) in [5.41, 5.74) is 1.98. The summed E-state index contributed by atoms with van der Waals surface area (Å²) >= 11 is 12.0. The lowest BCUT2D eigenvalue weighted by molar-refractivity contribution is 0.0698. The van der Waals surface area contributed by atoms with Crippen molar-refractivity contribution in [1.82, 2.24) is 9.21 Å². The van der Waals surface area contributed by atoms with Gasteiger partial charge in [0.25, 0.3) is 5.91 Å². The highest BCUT2D eigenvalue weighted by molar-refractivity contribution is 7.89. The minimum Gasteiger partial charge on any atom is -0.336 e. The zero-order valence-corrected chi connectivity index (χ0v) is 17.4. The van der Waals surface area contributed by atoms with E-state index in [1.807, 2.05) is 19.1 Å². The number of piperazine rings is 1. The van der Waals surface area contributed by atoms with Gasteiger partial charge in [0.15, 0.2) is 0 Å². The zero-order chi connectivity index (χ0) is 19.8. The van der Waals surface area contributed by atoms with Crippen LogP contribution in [-0.2, 0) is 10.0 Å². The molecule has 0 aromatic heterocycles. The molecule has 1 aliphatic rings. The molecule has 0 bridgehead atoms. The highest BCUT2D eigenvalue weighted by Crippen LogP contribution is 2.25. The van der Waals surface area contributed by atoms with E-state index in [0.717, 1.165) is 5.56 Å². The molecule has 5 nitrogen and oxygen atoms in total. The Morgan fingerprint density at radius 2 is 1.63 bits per heavy atom. The van der Waals surface area contributed by atoms with E-state index < -0.39 is 10.0 Å². The molecule has 3 rings (SSSR count). The van der Waals surface area contributed by atoms with Crippen LogP contribution in [0.25, 0.3) is 0 Å². The van der Waals surface area contributed by atoms with Gasteiger partial charge in [-0.3, -0.25) is 4.79 Å². The minimum absolute atomic E-state index is 0.222. The number of hydrogen-bond donors (Lipinski definition) is 0. The third-order valence-electron chi connectivity index (χ3n) is 4.65. The molecule has 1 amide bonds. The number of aryl methyl sites for hydroxylation is 2. The predicted molar refractivity (Wildman–Crippen MR) is 107 cm³/mol. The van der Waals surface area contributed by atoms with Crippen molar-refractivity contribution in [3.05, 3.63) is 63.1 Å². The van der Waals surface area contributed by atoms with Crippen LogP contribution in [0, 0.1) is 13.8 Å². The number of rotatable bonds is 3. The van der Waals surface area contributed by atoms with Crippen LogP contribution in [0.15, 0.2) is 41.3 Å². The van der Waals surface area contributed by atoms with Crippen molar-refractivity contribution in [3.63, 3.8) is 0 Å². The molecular weight excluding hydrogens is 407 g/mol. The van der Waals surface area contributed by atoms with Crippen molar-refractivity contribution in [1.29, 1.82) is 0 Å². The van der Waals surface area contributed by atoms with E-state index in [-0.39, 0.29) is 24.0 Å². The number of nitrogens with zero attached hydrogens (tertiary/aromatic N) is 2. The molecule has 1 fully saturated rings. The van der Waals surface area contributed by atoms with Crippen molar-refractivity contribution < 1.29 is 13.2 Å². The fourth-order valence-electron chi connectivity index (χ4n) is 3.09. The molecule has 0 spiro atoms. The second-order valence-electron chi connectivity index (χ2n) is 6.59. The number of amides is 1. The number of sulfonamides is 1. The summed E-state index contributed by atoms with van der Waals surface area (Å²) < 4.78 is 27.4. The molecule has 144 valence electrons. The summed E-state index contributed by atoms with van der Waals surface area (Å²) in [5.74, 6) is -0.222. The van der Waals surface area contributed by atoms with Gasteiger partial charge in [-0.1, -0.05) is 35.3 Å². The van der Waals surface area contributed by atoms with Gasteiger partial charge in [-0.25, -0.2) is 8.42 Å². The van der Waals surface area contributed by atoms with Crippen molar-refractivity contribution >= 4 is 39.1 Å². The van der Waals surface area contributed by atoms with Crippen molar-refractivity contribution in [2.24, 2.45) is 0 Å². The zero-order valence-electron chi connectivity index (χ0n) is 15.1. The highest BCUT2D eigenvalue weighted by Gasteiger charge is 2.31. The smallest absolute Gasteiger partial charge is 0.255 e. The van der Waals surface area contributed by atoms with Gasteiger partial charge < -0.3 is 4.90 Å². The second-order valence-corrected chi connectivity index (χ2v) is 9.34. The summed E-state index contributed by atoms with van der Waals surface area (Å²) in [6.07, 6.45) is 0. The monoisotopic (exact) mass is 426 g/mol. The lowest BCUT2D eigenvalue weighted by Crippen LogP contribution is -2.50. The van der Waals surface area contributed by atoms with Crippen molar-refractivity contribution in [3.8, 4) is 0 Å². The lowest BCUT2D eigenvalue weighted by atomic mass is 10.2. The minimum atomic E-state index is -3.59. The van der Waals surface area contributed by atoms with Gasteiger partial charge in [-0.2, -0.15) is 4.31 Å². The van der Waals surface area contributed by atoms with E-state index in [2.05, 4.69) is 0 Å². The van der Waals surface area contributed by atoms with Crippen LogP contribution in [0.2, 0.25) is 10.0 Å². The number of benzene rings is 2. The molecule has 2 aromatic rings. The third-order valence-corrected chi connectivity index (χ3v) is 7.24. The Morgan fingerprint density at radius 1 is 0.963 bits per heavy atom. The Kier molecular flexibility index (Phi) is 5.82. The Morgan fingerprint density at radius 3 is 2.26 bits per heavy atom. The normalized spacial score (nSPS) is 15.8. The van der Waals surface area contributed by atoms with E-state index in [4.69, 9.17) is 23.2 Å². The first-order valence-electron chi connectivity index (χ1n) is 8.52. The second kappa shape index (κ2) is 7.80. The van der Waals surface area contributed by atoms with Gasteiger partial charge in [-0.15, -0.1) is 0 Å².